The molecule has 2 aromatic heterocycles. The zero-order valence-electron chi connectivity index (χ0n) is 20.0. The number of nitrogens with one attached hydrogen (secondary N) is 1. The lowest BCUT2D eigenvalue weighted by molar-refractivity contribution is 0.526. The predicted octanol–water partition coefficient (Wildman–Crippen LogP) is 6.38. The summed E-state index contributed by atoms with van der Waals surface area (Å²) >= 11 is 1.81. The zero-order chi connectivity index (χ0) is 22.8. The number of aromatic nitrogens is 3. The molecule has 2 aromatic carbocycles. The molecule has 1 unspecified atom stereocenters. The molecule has 0 amide bonds. The van der Waals surface area contributed by atoms with Gasteiger partial charge in [-0.05, 0) is 67.5 Å². The van der Waals surface area contributed by atoms with Crippen LogP contribution in [-0.4, -0.2) is 27.1 Å². The van der Waals surface area contributed by atoms with E-state index in [1.807, 2.05) is 6.33 Å². The van der Waals surface area contributed by atoms with E-state index in [0.717, 1.165) is 35.6 Å². The average molecular weight is 459 g/mol. The molecular formula is C28H34N4S. The van der Waals surface area contributed by atoms with Gasteiger partial charge in [-0.1, -0.05) is 44.0 Å². The summed E-state index contributed by atoms with van der Waals surface area (Å²) in [4.78, 5) is 9.85. The number of benzene rings is 2. The average Bonchev–Trinajstić information content (AvgIpc) is 3.57. The van der Waals surface area contributed by atoms with Gasteiger partial charge < -0.3 is 9.88 Å². The van der Waals surface area contributed by atoms with Crippen molar-refractivity contribution in [3.05, 3.63) is 81.9 Å². The van der Waals surface area contributed by atoms with E-state index in [9.17, 15) is 0 Å². The van der Waals surface area contributed by atoms with Crippen molar-refractivity contribution in [3.8, 4) is 0 Å². The Hall–Kier alpha value is -2.50. The smallest absolute Gasteiger partial charge is 0.121 e. The number of fused-ring (bicyclic) bond motifs is 1. The van der Waals surface area contributed by atoms with E-state index >= 15 is 0 Å². The molecule has 5 heteroatoms. The summed E-state index contributed by atoms with van der Waals surface area (Å²) in [6.07, 6.45) is 11.6. The third-order valence-corrected chi connectivity index (χ3v) is 8.15. The predicted molar refractivity (Wildman–Crippen MR) is 138 cm³/mol. The van der Waals surface area contributed by atoms with Crippen LogP contribution in [0.1, 0.15) is 71.6 Å². The highest BCUT2D eigenvalue weighted by Crippen LogP contribution is 2.34. The molecule has 1 aliphatic carbocycles. The summed E-state index contributed by atoms with van der Waals surface area (Å²) in [5.41, 5.74) is 7.48. The summed E-state index contributed by atoms with van der Waals surface area (Å²) in [5, 5.41) is 4.83. The zero-order valence-corrected chi connectivity index (χ0v) is 20.8. The van der Waals surface area contributed by atoms with Gasteiger partial charge in [-0.15, -0.1) is 11.3 Å². The minimum atomic E-state index is 0.0378. The molecule has 0 bridgehead atoms. The maximum atomic E-state index is 5.07. The first-order valence-electron chi connectivity index (χ1n) is 12.3. The van der Waals surface area contributed by atoms with Crippen LogP contribution in [0, 0.1) is 13.8 Å². The van der Waals surface area contributed by atoms with Crippen LogP contribution in [0.4, 0.5) is 0 Å². The second-order valence-corrected chi connectivity index (χ2v) is 10.5. The Morgan fingerprint density at radius 1 is 1.09 bits per heavy atom. The molecule has 5 rings (SSSR count). The first-order valence-corrected chi connectivity index (χ1v) is 13.1. The SMILES string of the molecule is CCc1ccc2nc(C(c3ccc(C)c(C)c3)n3cnc(CCNC4CCCC4)c3)sc2c1. The van der Waals surface area contributed by atoms with E-state index in [0.29, 0.717) is 6.04 Å². The van der Waals surface area contributed by atoms with Crippen LogP contribution in [-0.2, 0) is 12.8 Å². The molecule has 4 aromatic rings. The summed E-state index contributed by atoms with van der Waals surface area (Å²) in [6.45, 7) is 7.56. The van der Waals surface area contributed by atoms with Crippen molar-refractivity contribution >= 4 is 21.6 Å². The van der Waals surface area contributed by atoms with Crippen molar-refractivity contribution in [2.45, 2.75) is 71.4 Å². The Morgan fingerprint density at radius 2 is 1.94 bits per heavy atom. The molecule has 1 fully saturated rings. The Kier molecular flexibility index (Phi) is 6.61. The van der Waals surface area contributed by atoms with Crippen LogP contribution in [0.5, 0.6) is 0 Å². The van der Waals surface area contributed by atoms with Gasteiger partial charge in [0, 0.05) is 25.2 Å². The van der Waals surface area contributed by atoms with E-state index < -0.39 is 0 Å². The lowest BCUT2D eigenvalue weighted by Gasteiger charge is -2.18. The Balaban J connectivity index is 1.45. The van der Waals surface area contributed by atoms with Gasteiger partial charge in [0.15, 0.2) is 0 Å². The first kappa shape index (κ1) is 22.3. The Labute approximate surface area is 201 Å². The first-order chi connectivity index (χ1) is 16.1. The van der Waals surface area contributed by atoms with Crippen LogP contribution < -0.4 is 5.32 Å². The topological polar surface area (TPSA) is 42.7 Å². The van der Waals surface area contributed by atoms with Gasteiger partial charge in [0.25, 0.3) is 0 Å². The monoisotopic (exact) mass is 458 g/mol. The molecule has 172 valence electrons. The second-order valence-electron chi connectivity index (χ2n) is 9.45. The fourth-order valence-electron chi connectivity index (χ4n) is 4.88. The molecule has 1 saturated carbocycles. The van der Waals surface area contributed by atoms with Crippen LogP contribution in [0.15, 0.2) is 48.9 Å². The van der Waals surface area contributed by atoms with E-state index in [1.165, 1.54) is 52.6 Å². The number of hydrogen-bond donors (Lipinski definition) is 1. The van der Waals surface area contributed by atoms with Gasteiger partial charge >= 0.3 is 0 Å². The number of rotatable bonds is 8. The highest BCUT2D eigenvalue weighted by atomic mass is 32.1. The molecule has 0 spiro atoms. The van der Waals surface area contributed by atoms with Crippen molar-refractivity contribution in [1.82, 2.24) is 19.9 Å². The molecule has 1 atom stereocenters. The Bertz CT molecular complexity index is 1230. The van der Waals surface area contributed by atoms with Gasteiger partial charge in [0.05, 0.1) is 22.2 Å². The largest absolute Gasteiger partial charge is 0.323 e. The van der Waals surface area contributed by atoms with E-state index in [4.69, 9.17) is 9.97 Å². The number of thiazole rings is 1. The van der Waals surface area contributed by atoms with Crippen LogP contribution in [0.2, 0.25) is 0 Å². The van der Waals surface area contributed by atoms with Gasteiger partial charge in [-0.2, -0.15) is 0 Å². The van der Waals surface area contributed by atoms with Gasteiger partial charge in [0.2, 0.25) is 0 Å². The fraction of sp³-hybridized carbons (Fsp3) is 0.429. The lowest BCUT2D eigenvalue weighted by atomic mass is 10.0. The van der Waals surface area contributed by atoms with Gasteiger partial charge in [-0.25, -0.2) is 9.97 Å². The minimum Gasteiger partial charge on any atom is -0.323 e. The second kappa shape index (κ2) is 9.78. The highest BCUT2D eigenvalue weighted by Gasteiger charge is 2.22. The molecule has 2 heterocycles. The maximum absolute atomic E-state index is 5.07. The van der Waals surface area contributed by atoms with Crippen molar-refractivity contribution in [1.29, 1.82) is 0 Å². The molecule has 0 aliphatic heterocycles. The minimum absolute atomic E-state index is 0.0378. The summed E-state index contributed by atoms with van der Waals surface area (Å²) < 4.78 is 3.52. The molecule has 33 heavy (non-hydrogen) atoms. The maximum Gasteiger partial charge on any atom is 0.121 e. The molecular weight excluding hydrogens is 424 g/mol. The quantitative estimate of drug-likeness (QED) is 0.333. The number of nitrogens with zero attached hydrogens (tertiary/aromatic N) is 3. The number of imidazole rings is 1. The lowest BCUT2D eigenvalue weighted by Crippen LogP contribution is -2.28. The normalized spacial score (nSPS) is 15.5. The third kappa shape index (κ3) is 4.90. The van der Waals surface area contributed by atoms with Crippen LogP contribution in [0.25, 0.3) is 10.2 Å². The molecule has 4 nitrogen and oxygen atoms in total. The molecule has 0 radical (unpaired) electrons. The highest BCUT2D eigenvalue weighted by molar-refractivity contribution is 7.18. The fourth-order valence-corrected chi connectivity index (χ4v) is 6.05. The van der Waals surface area contributed by atoms with Crippen LogP contribution >= 0.6 is 11.3 Å². The molecule has 0 saturated heterocycles. The van der Waals surface area contributed by atoms with E-state index in [2.05, 4.69) is 73.3 Å². The summed E-state index contributed by atoms with van der Waals surface area (Å²) in [7, 11) is 0. The number of aryl methyl sites for hydroxylation is 3. The van der Waals surface area contributed by atoms with E-state index in [1.54, 1.807) is 11.3 Å². The van der Waals surface area contributed by atoms with Crippen LogP contribution in [0.3, 0.4) is 0 Å². The molecule has 1 aliphatic rings. The van der Waals surface area contributed by atoms with Gasteiger partial charge in [0.1, 0.15) is 11.0 Å². The number of hydrogen-bond acceptors (Lipinski definition) is 4. The summed E-state index contributed by atoms with van der Waals surface area (Å²) in [5.74, 6) is 0. The van der Waals surface area contributed by atoms with Gasteiger partial charge in [-0.3, -0.25) is 0 Å². The summed E-state index contributed by atoms with van der Waals surface area (Å²) in [6, 6.07) is 14.2. The molecule has 1 N–H and O–H groups in total. The van der Waals surface area contributed by atoms with Crippen molar-refractivity contribution in [3.63, 3.8) is 0 Å². The third-order valence-electron chi connectivity index (χ3n) is 7.08. The Morgan fingerprint density at radius 3 is 2.73 bits per heavy atom. The van der Waals surface area contributed by atoms with Crippen molar-refractivity contribution in [2.24, 2.45) is 0 Å². The van der Waals surface area contributed by atoms with Crippen molar-refractivity contribution in [2.75, 3.05) is 6.54 Å². The standard InChI is InChI=1S/C28H34N4S/c1-4-21-10-12-25-26(16-21)33-28(31-25)27(22-11-9-19(2)20(3)15-22)32-17-24(30-18-32)13-14-29-23-7-5-6-8-23/h9-12,15-18,23,27,29H,4-8,13-14H2,1-3H3. The van der Waals surface area contributed by atoms with Crippen molar-refractivity contribution < 1.29 is 0 Å². The van der Waals surface area contributed by atoms with E-state index in [-0.39, 0.29) is 6.04 Å².